The fourth-order valence-electron chi connectivity index (χ4n) is 2.65. The van der Waals surface area contributed by atoms with E-state index in [-0.39, 0.29) is 4.90 Å². The van der Waals surface area contributed by atoms with E-state index in [9.17, 15) is 17.9 Å². The maximum Gasteiger partial charge on any atom is 0.246 e. The SMILES string of the molecule is Cc1ccc(S(=O)(=O)N2CCCC[C@@H]2[C@@H](C)O)c(F)c1. The third kappa shape index (κ3) is 2.87. The first-order valence-corrected chi connectivity index (χ1v) is 8.24. The quantitative estimate of drug-likeness (QED) is 0.929. The van der Waals surface area contributed by atoms with E-state index in [1.54, 1.807) is 19.9 Å². The summed E-state index contributed by atoms with van der Waals surface area (Å²) in [6, 6.07) is 3.62. The van der Waals surface area contributed by atoms with Crippen LogP contribution < -0.4 is 0 Å². The Hall–Kier alpha value is -0.980. The number of halogens is 1. The van der Waals surface area contributed by atoms with Crippen LogP contribution in [0.1, 0.15) is 31.7 Å². The van der Waals surface area contributed by atoms with Crippen molar-refractivity contribution in [3.8, 4) is 0 Å². The van der Waals surface area contributed by atoms with E-state index in [1.807, 2.05) is 0 Å². The number of aliphatic hydroxyl groups excluding tert-OH is 1. The molecule has 6 heteroatoms. The molecular formula is C14H20FNO3S. The van der Waals surface area contributed by atoms with Gasteiger partial charge in [0.1, 0.15) is 10.7 Å². The number of piperidine rings is 1. The number of aliphatic hydroxyl groups is 1. The second-order valence-corrected chi connectivity index (χ2v) is 7.21. The molecule has 0 saturated carbocycles. The minimum Gasteiger partial charge on any atom is -0.392 e. The summed E-state index contributed by atoms with van der Waals surface area (Å²) in [7, 11) is -3.91. The highest BCUT2D eigenvalue weighted by Crippen LogP contribution is 2.28. The lowest BCUT2D eigenvalue weighted by Crippen LogP contribution is -2.48. The lowest BCUT2D eigenvalue weighted by atomic mass is 10.0. The molecule has 0 aliphatic carbocycles. The van der Waals surface area contributed by atoms with E-state index in [0.717, 1.165) is 12.8 Å². The number of hydrogen-bond donors (Lipinski definition) is 1. The molecule has 1 saturated heterocycles. The third-order valence-electron chi connectivity index (χ3n) is 3.73. The molecule has 1 heterocycles. The van der Waals surface area contributed by atoms with Gasteiger partial charge in [0, 0.05) is 6.54 Å². The fraction of sp³-hybridized carbons (Fsp3) is 0.571. The van der Waals surface area contributed by atoms with Gasteiger partial charge in [-0.25, -0.2) is 12.8 Å². The first-order chi connectivity index (χ1) is 9.34. The van der Waals surface area contributed by atoms with Gasteiger partial charge in [-0.3, -0.25) is 0 Å². The van der Waals surface area contributed by atoms with Crippen LogP contribution in [0.15, 0.2) is 23.1 Å². The fourth-order valence-corrected chi connectivity index (χ4v) is 4.46. The molecule has 4 nitrogen and oxygen atoms in total. The summed E-state index contributed by atoms with van der Waals surface area (Å²) >= 11 is 0. The number of hydrogen-bond acceptors (Lipinski definition) is 3. The van der Waals surface area contributed by atoms with Crippen molar-refractivity contribution in [3.63, 3.8) is 0 Å². The standard InChI is InChI=1S/C14H20FNO3S/c1-10-6-7-14(12(15)9-10)20(18,19)16-8-4-3-5-13(16)11(2)17/h6-7,9,11,13,17H,3-5,8H2,1-2H3/t11-,13-/m1/s1. The van der Waals surface area contributed by atoms with Crippen LogP contribution in [0, 0.1) is 12.7 Å². The molecule has 1 aliphatic heterocycles. The highest BCUT2D eigenvalue weighted by atomic mass is 32.2. The topological polar surface area (TPSA) is 57.6 Å². The molecule has 0 amide bonds. The van der Waals surface area contributed by atoms with E-state index in [2.05, 4.69) is 0 Å². The number of sulfonamides is 1. The lowest BCUT2D eigenvalue weighted by Gasteiger charge is -2.36. The Bertz CT molecular complexity index is 586. The first-order valence-electron chi connectivity index (χ1n) is 6.80. The summed E-state index contributed by atoms with van der Waals surface area (Å²) in [4.78, 5) is -0.310. The Kier molecular flexibility index (Phi) is 4.46. The van der Waals surface area contributed by atoms with Crippen molar-refractivity contribution in [2.24, 2.45) is 0 Å². The smallest absolute Gasteiger partial charge is 0.246 e. The van der Waals surface area contributed by atoms with Crippen molar-refractivity contribution in [1.29, 1.82) is 0 Å². The summed E-state index contributed by atoms with van der Waals surface area (Å²) < 4.78 is 40.4. The molecule has 0 radical (unpaired) electrons. The van der Waals surface area contributed by atoms with Crippen molar-refractivity contribution in [2.75, 3.05) is 6.54 Å². The molecular weight excluding hydrogens is 281 g/mol. The normalized spacial score (nSPS) is 22.7. The van der Waals surface area contributed by atoms with Crippen molar-refractivity contribution < 1.29 is 17.9 Å². The molecule has 0 unspecified atom stereocenters. The maximum absolute atomic E-state index is 14.0. The van der Waals surface area contributed by atoms with Gasteiger partial charge in [-0.1, -0.05) is 12.5 Å². The molecule has 1 aromatic carbocycles. The Morgan fingerprint density at radius 3 is 2.70 bits per heavy atom. The van der Waals surface area contributed by atoms with Crippen LogP contribution >= 0.6 is 0 Å². The van der Waals surface area contributed by atoms with Crippen LogP contribution in [0.3, 0.4) is 0 Å². The van der Waals surface area contributed by atoms with Gasteiger partial charge in [0.25, 0.3) is 0 Å². The molecule has 2 atom stereocenters. The van der Waals surface area contributed by atoms with Crippen LogP contribution in [0.5, 0.6) is 0 Å². The Labute approximate surface area is 119 Å². The summed E-state index contributed by atoms with van der Waals surface area (Å²) in [6.07, 6.45) is 1.44. The van der Waals surface area contributed by atoms with Crippen LogP contribution in [0.2, 0.25) is 0 Å². The zero-order valence-corrected chi connectivity index (χ0v) is 12.5. The van der Waals surface area contributed by atoms with Gasteiger partial charge in [0.2, 0.25) is 10.0 Å². The van der Waals surface area contributed by atoms with Gasteiger partial charge in [0.05, 0.1) is 12.1 Å². The predicted molar refractivity (Wildman–Crippen MR) is 74.3 cm³/mol. The monoisotopic (exact) mass is 301 g/mol. The second kappa shape index (κ2) is 5.79. The molecule has 1 fully saturated rings. The van der Waals surface area contributed by atoms with Gasteiger partial charge in [-0.2, -0.15) is 4.31 Å². The Morgan fingerprint density at radius 2 is 2.10 bits per heavy atom. The minimum absolute atomic E-state index is 0.310. The zero-order valence-electron chi connectivity index (χ0n) is 11.7. The van der Waals surface area contributed by atoms with Gasteiger partial charge < -0.3 is 5.11 Å². The largest absolute Gasteiger partial charge is 0.392 e. The summed E-state index contributed by atoms with van der Waals surface area (Å²) in [5.74, 6) is -0.736. The Morgan fingerprint density at radius 1 is 1.40 bits per heavy atom. The van der Waals surface area contributed by atoms with Crippen molar-refractivity contribution in [3.05, 3.63) is 29.6 Å². The van der Waals surface area contributed by atoms with Crippen LogP contribution in [-0.2, 0) is 10.0 Å². The number of rotatable bonds is 3. The van der Waals surface area contributed by atoms with E-state index in [4.69, 9.17) is 0 Å². The maximum atomic E-state index is 14.0. The highest BCUT2D eigenvalue weighted by molar-refractivity contribution is 7.89. The van der Waals surface area contributed by atoms with Gasteiger partial charge in [0.15, 0.2) is 0 Å². The summed E-state index contributed by atoms with van der Waals surface area (Å²) in [6.45, 7) is 3.61. The molecule has 0 bridgehead atoms. The van der Waals surface area contributed by atoms with E-state index >= 15 is 0 Å². The van der Waals surface area contributed by atoms with Crippen LogP contribution in [-0.4, -0.2) is 36.5 Å². The molecule has 1 N–H and O–H groups in total. The number of benzene rings is 1. The summed E-state index contributed by atoms with van der Waals surface area (Å²) in [5, 5.41) is 9.77. The average Bonchev–Trinajstić information content (AvgIpc) is 2.38. The first kappa shape index (κ1) is 15.4. The van der Waals surface area contributed by atoms with Gasteiger partial charge in [-0.05, 0) is 44.4 Å². The number of nitrogens with zero attached hydrogens (tertiary/aromatic N) is 1. The van der Waals surface area contributed by atoms with Crippen LogP contribution in [0.4, 0.5) is 4.39 Å². The van der Waals surface area contributed by atoms with Crippen molar-refractivity contribution >= 4 is 10.0 Å². The van der Waals surface area contributed by atoms with Crippen LogP contribution in [0.25, 0.3) is 0 Å². The minimum atomic E-state index is -3.91. The van der Waals surface area contributed by atoms with Crippen molar-refractivity contribution in [2.45, 2.75) is 50.2 Å². The van der Waals surface area contributed by atoms with Gasteiger partial charge in [-0.15, -0.1) is 0 Å². The summed E-state index contributed by atoms with van der Waals surface area (Å²) in [5.41, 5.74) is 0.673. The van der Waals surface area contributed by atoms with Crippen molar-refractivity contribution in [1.82, 2.24) is 4.31 Å². The molecule has 1 aliphatic rings. The molecule has 112 valence electrons. The number of aryl methyl sites for hydroxylation is 1. The molecule has 0 spiro atoms. The molecule has 2 rings (SSSR count). The highest BCUT2D eigenvalue weighted by Gasteiger charge is 2.37. The molecule has 0 aromatic heterocycles. The Balaban J connectivity index is 2.42. The van der Waals surface area contributed by atoms with E-state index in [1.165, 1.54) is 16.4 Å². The predicted octanol–water partition coefficient (Wildman–Crippen LogP) is 2.06. The van der Waals surface area contributed by atoms with Gasteiger partial charge >= 0.3 is 0 Å². The second-order valence-electron chi connectivity index (χ2n) is 5.35. The molecule has 1 aromatic rings. The van der Waals surface area contributed by atoms with E-state index in [0.29, 0.717) is 18.5 Å². The molecule has 20 heavy (non-hydrogen) atoms. The third-order valence-corrected chi connectivity index (χ3v) is 5.69. The lowest BCUT2D eigenvalue weighted by molar-refractivity contribution is 0.0830. The zero-order chi connectivity index (χ0) is 14.9. The average molecular weight is 301 g/mol. The van der Waals surface area contributed by atoms with E-state index < -0.39 is 28.0 Å².